The number of halogens is 1. The van der Waals surface area contributed by atoms with E-state index >= 15 is 0 Å². The minimum Gasteiger partial charge on any atom is -0.493 e. The number of benzene rings is 3. The largest absolute Gasteiger partial charge is 0.493 e. The number of carbonyl (C=O) groups is 1. The summed E-state index contributed by atoms with van der Waals surface area (Å²) in [5.41, 5.74) is 3.30. The molecule has 6 atom stereocenters. The normalized spacial score (nSPS) is 23.8. The first kappa shape index (κ1) is 43.2. The summed E-state index contributed by atoms with van der Waals surface area (Å²) in [6.45, 7) is 7.13. The van der Waals surface area contributed by atoms with E-state index in [1.165, 1.54) is 24.1 Å². The van der Waals surface area contributed by atoms with Crippen LogP contribution < -0.4 is 9.47 Å². The average molecular weight is 817 g/mol. The van der Waals surface area contributed by atoms with Crippen LogP contribution in [-0.4, -0.2) is 84.6 Å². The van der Waals surface area contributed by atoms with Gasteiger partial charge in [-0.15, -0.1) is 18.3 Å². The highest BCUT2D eigenvalue weighted by Gasteiger charge is 2.65. The first-order chi connectivity index (χ1) is 28.4. The number of allylic oxidation sites excluding steroid dienone is 1. The number of nitrogens with zero attached hydrogens (tertiary/aromatic N) is 2. The molecule has 0 spiro atoms. The quantitative estimate of drug-likeness (QED) is 0.0470. The lowest BCUT2D eigenvalue weighted by atomic mass is 9.55. The summed E-state index contributed by atoms with van der Waals surface area (Å²) in [6.07, 6.45) is 8.23. The topological polar surface area (TPSA) is 119 Å². The van der Waals surface area contributed by atoms with Crippen molar-refractivity contribution in [2.45, 2.75) is 81.1 Å². The van der Waals surface area contributed by atoms with Crippen molar-refractivity contribution < 1.29 is 43.2 Å². The monoisotopic (exact) mass is 816 g/mol. The number of aliphatic hydroxyl groups excluding tert-OH is 2. The first-order valence-electron chi connectivity index (χ1n) is 20.5. The predicted molar refractivity (Wildman–Crippen MR) is 224 cm³/mol. The molecule has 3 aliphatic rings. The summed E-state index contributed by atoms with van der Waals surface area (Å²) in [4.78, 5) is 22.6. The molecule has 3 aromatic carbocycles. The van der Waals surface area contributed by atoms with E-state index in [0.29, 0.717) is 43.1 Å². The Morgan fingerprint density at radius 2 is 1.81 bits per heavy atom. The third-order valence-electron chi connectivity index (χ3n) is 11.4. The van der Waals surface area contributed by atoms with Gasteiger partial charge in [-0.25, -0.2) is 9.18 Å². The van der Waals surface area contributed by atoms with Crippen molar-refractivity contribution in [1.82, 2.24) is 4.90 Å². The van der Waals surface area contributed by atoms with Crippen molar-refractivity contribution in [2.24, 2.45) is 22.9 Å². The number of rotatable bonds is 21. The molecule has 6 unspecified atom stereocenters. The van der Waals surface area contributed by atoms with Gasteiger partial charge < -0.3 is 34.0 Å². The highest BCUT2D eigenvalue weighted by atomic mass is 32.2. The fourth-order valence-electron chi connectivity index (χ4n) is 8.92. The summed E-state index contributed by atoms with van der Waals surface area (Å²) in [7, 11) is 1.34. The van der Waals surface area contributed by atoms with Crippen LogP contribution in [0.1, 0.15) is 68.9 Å². The third kappa shape index (κ3) is 9.90. The van der Waals surface area contributed by atoms with Crippen LogP contribution in [0.2, 0.25) is 0 Å². The summed E-state index contributed by atoms with van der Waals surface area (Å²) in [5, 5.41) is 24.5. The van der Waals surface area contributed by atoms with Crippen LogP contribution in [0.3, 0.4) is 0 Å². The number of methoxy groups -OCH3 is 1. The molecule has 12 heteroatoms. The van der Waals surface area contributed by atoms with Gasteiger partial charge in [-0.05, 0) is 98.0 Å². The van der Waals surface area contributed by atoms with E-state index in [4.69, 9.17) is 28.9 Å². The second-order valence-electron chi connectivity index (χ2n) is 14.9. The second-order valence-corrected chi connectivity index (χ2v) is 16.1. The summed E-state index contributed by atoms with van der Waals surface area (Å²) < 4.78 is 40.2. The van der Waals surface area contributed by atoms with E-state index in [1.54, 1.807) is 34.9 Å². The Morgan fingerprint density at radius 3 is 2.52 bits per heavy atom. The van der Waals surface area contributed by atoms with Gasteiger partial charge in [-0.3, -0.25) is 4.90 Å². The van der Waals surface area contributed by atoms with Crippen LogP contribution in [-0.2, 0) is 20.9 Å². The number of thioether (sulfide) groups is 1. The van der Waals surface area contributed by atoms with Crippen LogP contribution in [0, 0.1) is 23.6 Å². The average Bonchev–Trinajstić information content (AvgIpc) is 3.25. The van der Waals surface area contributed by atoms with Crippen LogP contribution >= 0.6 is 11.8 Å². The Balaban J connectivity index is 1.51. The number of hydrogen-bond donors (Lipinski definition) is 2. The fraction of sp³-hybridized carbons (Fsp3) is 0.478. The highest BCUT2D eigenvalue weighted by Crippen LogP contribution is 2.62. The third-order valence-corrected chi connectivity index (χ3v) is 12.3. The van der Waals surface area contributed by atoms with Gasteiger partial charge in [-0.2, -0.15) is 0 Å². The van der Waals surface area contributed by atoms with Crippen molar-refractivity contribution in [3.05, 3.63) is 114 Å². The van der Waals surface area contributed by atoms with Gasteiger partial charge in [-0.1, -0.05) is 60.5 Å². The number of carbonyl (C=O) groups excluding carboxylic acids is 1. The Morgan fingerprint density at radius 1 is 1.05 bits per heavy atom. The van der Waals surface area contributed by atoms with Gasteiger partial charge in [0.2, 0.25) is 5.79 Å². The van der Waals surface area contributed by atoms with E-state index in [-0.39, 0.29) is 56.4 Å². The molecule has 0 bridgehead atoms. The summed E-state index contributed by atoms with van der Waals surface area (Å²) >= 11 is 1.73. The summed E-state index contributed by atoms with van der Waals surface area (Å²) in [6, 6.07) is 21.5. The number of unbranched alkanes of at least 4 members (excludes halogenated alkanes) is 2. The van der Waals surface area contributed by atoms with E-state index in [0.717, 1.165) is 48.3 Å². The van der Waals surface area contributed by atoms with E-state index < -0.39 is 23.8 Å². The number of fused-ring (bicyclic) bond motifs is 2. The lowest BCUT2D eigenvalue weighted by Gasteiger charge is -2.59. The molecule has 1 fully saturated rings. The zero-order valence-electron chi connectivity index (χ0n) is 33.6. The second kappa shape index (κ2) is 21.1. The molecule has 6 rings (SSSR count). The molecular formula is C46H57FN2O8S. The molecule has 1 heterocycles. The van der Waals surface area contributed by atoms with Gasteiger partial charge in [0.1, 0.15) is 30.0 Å². The molecule has 0 aromatic heterocycles. The van der Waals surface area contributed by atoms with Gasteiger partial charge in [0.05, 0.1) is 32.0 Å². The van der Waals surface area contributed by atoms with Crippen LogP contribution in [0.15, 0.2) is 107 Å². The van der Waals surface area contributed by atoms with E-state index in [1.807, 2.05) is 37.3 Å². The lowest BCUT2D eigenvalue weighted by Crippen LogP contribution is -2.70. The number of aliphatic hydroxyl groups is 2. The zero-order valence-corrected chi connectivity index (χ0v) is 34.4. The van der Waals surface area contributed by atoms with E-state index in [9.17, 15) is 19.4 Å². The highest BCUT2D eigenvalue weighted by molar-refractivity contribution is 7.99. The summed E-state index contributed by atoms with van der Waals surface area (Å²) in [5.74, 6) is -0.234. The Labute approximate surface area is 346 Å². The molecule has 1 saturated carbocycles. The molecule has 1 amide bonds. The number of amides is 1. The minimum atomic E-state index is -1.45. The number of oxime groups is 1. The van der Waals surface area contributed by atoms with Crippen molar-refractivity contribution in [1.29, 1.82) is 0 Å². The number of ether oxygens (including phenoxy) is 4. The lowest BCUT2D eigenvalue weighted by molar-refractivity contribution is -0.256. The molecular weight excluding hydrogens is 760 g/mol. The maximum atomic E-state index is 14.1. The van der Waals surface area contributed by atoms with E-state index in [2.05, 4.69) is 30.9 Å². The van der Waals surface area contributed by atoms with Gasteiger partial charge in [0.25, 0.3) is 0 Å². The molecule has 2 aliphatic carbocycles. The number of hydrogen-bond acceptors (Lipinski definition) is 10. The Hall–Kier alpha value is -4.36. The standard InChI is InChI=1S/C46H57FN2O8S/c1-4-25-55-46-42(49(45(52)53-3)31-32-17-19-34(47)20-18-32)30-40(48-56-5-2)38-28-33(13-9-11-23-50)37(16-10-12-24-51)43(44(38)46)39-29-35(21-22-41(39)57-46)54-26-27-58-36-14-7-6-8-15-36/h4,6-8,14-15,17-22,28-29,33,37,42-44,50-51H,1,5,9-13,16,23-27,30-31H2,2-3H3. The van der Waals surface area contributed by atoms with Crippen molar-refractivity contribution in [3.63, 3.8) is 0 Å². The Bertz CT molecular complexity index is 1860. The molecule has 2 N–H and O–H groups in total. The SMILES string of the molecule is C=CCOC12Oc3ccc(OCCSc4ccccc4)cc3C3C(CCCCO)C(CCCCO)C=C(C(=NOCC)CC1N(Cc1ccc(F)cc1)C(=O)OC)C32. The fourth-order valence-corrected chi connectivity index (χ4v) is 9.67. The molecule has 0 saturated heterocycles. The predicted octanol–water partition coefficient (Wildman–Crippen LogP) is 8.92. The van der Waals surface area contributed by atoms with Gasteiger partial charge in [0, 0.05) is 48.3 Å². The molecule has 312 valence electrons. The van der Waals surface area contributed by atoms with Gasteiger partial charge in [0.15, 0.2) is 0 Å². The first-order valence-corrected chi connectivity index (χ1v) is 21.5. The van der Waals surface area contributed by atoms with Gasteiger partial charge >= 0.3 is 6.09 Å². The van der Waals surface area contributed by atoms with Crippen LogP contribution in [0.25, 0.3) is 0 Å². The molecule has 0 radical (unpaired) electrons. The van der Waals surface area contributed by atoms with Crippen molar-refractivity contribution in [2.75, 3.05) is 45.9 Å². The maximum absolute atomic E-state index is 14.1. The van der Waals surface area contributed by atoms with Crippen LogP contribution in [0.4, 0.5) is 9.18 Å². The molecule has 3 aromatic rings. The maximum Gasteiger partial charge on any atom is 0.410 e. The Kier molecular flexibility index (Phi) is 15.7. The van der Waals surface area contributed by atoms with Crippen molar-refractivity contribution >= 4 is 23.6 Å². The zero-order chi connectivity index (χ0) is 40.9. The van der Waals surface area contributed by atoms with Crippen LogP contribution in [0.5, 0.6) is 11.5 Å². The molecule has 58 heavy (non-hydrogen) atoms. The minimum absolute atomic E-state index is 0.0630. The molecule has 1 aliphatic heterocycles. The smallest absolute Gasteiger partial charge is 0.410 e. The van der Waals surface area contributed by atoms with Crippen molar-refractivity contribution in [3.8, 4) is 11.5 Å². The molecule has 10 nitrogen and oxygen atoms in total.